The zero-order chi connectivity index (χ0) is 13.2. The lowest BCUT2D eigenvalue weighted by molar-refractivity contribution is 0.00519. The molecule has 2 rings (SSSR count). The Balaban J connectivity index is 1.66. The number of H-pyrrole nitrogens is 1. The lowest BCUT2D eigenvalue weighted by atomic mass is 10.1. The van der Waals surface area contributed by atoms with Crippen molar-refractivity contribution in [1.82, 2.24) is 15.2 Å². The molecule has 0 saturated carbocycles. The number of aromatic amines is 1. The Morgan fingerprint density at radius 2 is 2.28 bits per heavy atom. The Bertz CT molecular complexity index is 389. The van der Waals surface area contributed by atoms with Gasteiger partial charge in [0.15, 0.2) is 0 Å². The monoisotopic (exact) mass is 251 g/mol. The molecule has 0 unspecified atom stereocenters. The van der Waals surface area contributed by atoms with Gasteiger partial charge in [-0.15, -0.1) is 0 Å². The zero-order valence-electron chi connectivity index (χ0n) is 11.2. The average Bonchev–Trinajstić information content (AvgIpc) is 2.64. The van der Waals surface area contributed by atoms with Crippen LogP contribution >= 0.6 is 0 Å². The molecule has 18 heavy (non-hydrogen) atoms. The van der Waals surface area contributed by atoms with E-state index in [1.54, 1.807) is 4.90 Å². The molecule has 5 nitrogen and oxygen atoms in total. The number of nitrogens with zero attached hydrogens (tertiary/aromatic N) is 1. The Kier molecular flexibility index (Phi) is 3.61. The minimum atomic E-state index is -0.416. The minimum absolute atomic E-state index is 0.220. The molecule has 5 heteroatoms. The summed E-state index contributed by atoms with van der Waals surface area (Å²) in [6.45, 7) is 7.92. The van der Waals surface area contributed by atoms with Gasteiger partial charge in [-0.3, -0.25) is 0 Å². The topological polar surface area (TPSA) is 57.4 Å². The van der Waals surface area contributed by atoms with Crippen LogP contribution in [0.5, 0.6) is 0 Å². The van der Waals surface area contributed by atoms with Crippen LogP contribution in [0.15, 0.2) is 18.5 Å². The summed E-state index contributed by atoms with van der Waals surface area (Å²) in [6.07, 6.45) is 3.66. The first-order valence-corrected chi connectivity index (χ1v) is 6.27. The van der Waals surface area contributed by atoms with Gasteiger partial charge in [-0.2, -0.15) is 0 Å². The van der Waals surface area contributed by atoms with Gasteiger partial charge in [0, 0.05) is 38.1 Å². The van der Waals surface area contributed by atoms with Crippen LogP contribution in [0.2, 0.25) is 0 Å². The van der Waals surface area contributed by atoms with Crippen LogP contribution < -0.4 is 5.32 Å². The molecule has 0 radical (unpaired) electrons. The van der Waals surface area contributed by atoms with Crippen LogP contribution in [0.25, 0.3) is 0 Å². The van der Waals surface area contributed by atoms with Crippen LogP contribution in [-0.4, -0.2) is 40.7 Å². The van der Waals surface area contributed by atoms with E-state index in [4.69, 9.17) is 4.74 Å². The van der Waals surface area contributed by atoms with E-state index in [2.05, 4.69) is 10.3 Å². The molecule has 0 spiro atoms. The van der Waals surface area contributed by atoms with Crippen molar-refractivity contribution in [2.45, 2.75) is 39.0 Å². The maximum atomic E-state index is 11.7. The highest BCUT2D eigenvalue weighted by molar-refractivity contribution is 5.69. The van der Waals surface area contributed by atoms with Gasteiger partial charge in [0.25, 0.3) is 0 Å². The molecule has 2 heterocycles. The van der Waals surface area contributed by atoms with E-state index in [0.29, 0.717) is 6.04 Å². The van der Waals surface area contributed by atoms with Crippen LogP contribution in [0.1, 0.15) is 26.3 Å². The fourth-order valence-corrected chi connectivity index (χ4v) is 1.81. The molecule has 0 aliphatic carbocycles. The van der Waals surface area contributed by atoms with Crippen molar-refractivity contribution in [2.75, 3.05) is 13.1 Å². The number of hydrogen-bond donors (Lipinski definition) is 2. The second-order valence-corrected chi connectivity index (χ2v) is 5.68. The van der Waals surface area contributed by atoms with Crippen LogP contribution in [-0.2, 0) is 11.3 Å². The molecule has 1 aliphatic heterocycles. The Hall–Kier alpha value is -1.49. The highest BCUT2D eigenvalue weighted by Crippen LogP contribution is 2.15. The van der Waals surface area contributed by atoms with Crippen molar-refractivity contribution in [3.8, 4) is 0 Å². The number of carbonyl (C=O) groups is 1. The molecule has 0 bridgehead atoms. The van der Waals surface area contributed by atoms with Gasteiger partial charge in [0.05, 0.1) is 0 Å². The van der Waals surface area contributed by atoms with Crippen molar-refractivity contribution in [3.05, 3.63) is 24.0 Å². The van der Waals surface area contributed by atoms with Gasteiger partial charge in [0.1, 0.15) is 5.60 Å². The molecule has 2 N–H and O–H groups in total. The van der Waals surface area contributed by atoms with Crippen molar-refractivity contribution in [1.29, 1.82) is 0 Å². The summed E-state index contributed by atoms with van der Waals surface area (Å²) in [7, 11) is 0. The first-order chi connectivity index (χ1) is 8.44. The number of amides is 1. The summed E-state index contributed by atoms with van der Waals surface area (Å²) in [5, 5.41) is 3.40. The van der Waals surface area contributed by atoms with Crippen molar-refractivity contribution >= 4 is 6.09 Å². The van der Waals surface area contributed by atoms with Crippen molar-refractivity contribution in [2.24, 2.45) is 0 Å². The number of aromatic nitrogens is 1. The third-order valence-electron chi connectivity index (χ3n) is 2.79. The largest absolute Gasteiger partial charge is 0.444 e. The molecule has 1 aliphatic rings. The highest BCUT2D eigenvalue weighted by Gasteiger charge is 2.33. The summed E-state index contributed by atoms with van der Waals surface area (Å²) < 4.78 is 5.29. The molecule has 0 atom stereocenters. The van der Waals surface area contributed by atoms with Crippen molar-refractivity contribution < 1.29 is 9.53 Å². The molecule has 1 aromatic heterocycles. The maximum absolute atomic E-state index is 11.7. The molecule has 100 valence electrons. The molecular formula is C13H21N3O2. The Morgan fingerprint density at radius 3 is 2.83 bits per heavy atom. The van der Waals surface area contributed by atoms with E-state index in [9.17, 15) is 4.79 Å². The molecule has 1 aromatic rings. The fraction of sp³-hybridized carbons (Fsp3) is 0.615. The molecule has 1 amide bonds. The molecule has 1 saturated heterocycles. The number of nitrogens with one attached hydrogen (secondary N) is 2. The average molecular weight is 251 g/mol. The van der Waals surface area contributed by atoms with E-state index >= 15 is 0 Å². The normalized spacial score (nSPS) is 16.5. The van der Waals surface area contributed by atoms with E-state index in [-0.39, 0.29) is 6.09 Å². The predicted molar refractivity (Wildman–Crippen MR) is 69.2 cm³/mol. The standard InChI is InChI=1S/C13H21N3O2/c1-13(2,3)18-12(17)16-8-11(9-16)15-7-10-4-5-14-6-10/h4-6,11,14-15H,7-9H2,1-3H3. The van der Waals surface area contributed by atoms with Crippen LogP contribution in [0.3, 0.4) is 0 Å². The SMILES string of the molecule is CC(C)(C)OC(=O)N1CC(NCc2cc[nH]c2)C1. The summed E-state index contributed by atoms with van der Waals surface area (Å²) >= 11 is 0. The van der Waals surface area contributed by atoms with Crippen LogP contribution in [0, 0.1) is 0 Å². The maximum Gasteiger partial charge on any atom is 0.410 e. The van der Waals surface area contributed by atoms with Gasteiger partial charge >= 0.3 is 6.09 Å². The van der Waals surface area contributed by atoms with Gasteiger partial charge in [-0.25, -0.2) is 4.79 Å². The third-order valence-corrected chi connectivity index (χ3v) is 2.79. The summed E-state index contributed by atoms with van der Waals surface area (Å²) in [6, 6.07) is 2.41. The molecule has 1 fully saturated rings. The van der Waals surface area contributed by atoms with E-state index in [0.717, 1.165) is 19.6 Å². The van der Waals surface area contributed by atoms with Crippen LogP contribution in [0.4, 0.5) is 4.79 Å². The fourth-order valence-electron chi connectivity index (χ4n) is 1.81. The highest BCUT2D eigenvalue weighted by atomic mass is 16.6. The van der Waals surface area contributed by atoms with Gasteiger partial charge in [-0.1, -0.05) is 0 Å². The number of likely N-dealkylation sites (tertiary alicyclic amines) is 1. The van der Waals surface area contributed by atoms with E-state index < -0.39 is 5.60 Å². The second kappa shape index (κ2) is 5.02. The predicted octanol–water partition coefficient (Wildman–Crippen LogP) is 1.72. The number of carbonyl (C=O) groups excluding carboxylic acids is 1. The number of rotatable bonds is 3. The third kappa shape index (κ3) is 3.50. The molecular weight excluding hydrogens is 230 g/mol. The summed E-state index contributed by atoms with van der Waals surface area (Å²) in [4.78, 5) is 16.4. The number of hydrogen-bond acceptors (Lipinski definition) is 3. The summed E-state index contributed by atoms with van der Waals surface area (Å²) in [5.41, 5.74) is 0.812. The van der Waals surface area contributed by atoms with E-state index in [1.807, 2.05) is 39.2 Å². The number of ether oxygens (including phenoxy) is 1. The van der Waals surface area contributed by atoms with Gasteiger partial charge in [0.2, 0.25) is 0 Å². The smallest absolute Gasteiger partial charge is 0.410 e. The molecule has 0 aromatic carbocycles. The first kappa shape index (κ1) is 13.0. The second-order valence-electron chi connectivity index (χ2n) is 5.68. The van der Waals surface area contributed by atoms with Crippen molar-refractivity contribution in [3.63, 3.8) is 0 Å². The zero-order valence-corrected chi connectivity index (χ0v) is 11.2. The van der Waals surface area contributed by atoms with Gasteiger partial charge < -0.3 is 19.9 Å². The lowest BCUT2D eigenvalue weighted by Crippen LogP contribution is -2.60. The quantitative estimate of drug-likeness (QED) is 0.860. The first-order valence-electron chi connectivity index (χ1n) is 6.27. The van der Waals surface area contributed by atoms with Gasteiger partial charge in [-0.05, 0) is 32.4 Å². The Morgan fingerprint density at radius 1 is 1.56 bits per heavy atom. The Labute approximate surface area is 108 Å². The summed E-state index contributed by atoms with van der Waals surface area (Å²) in [5.74, 6) is 0. The van der Waals surface area contributed by atoms with E-state index in [1.165, 1.54) is 5.56 Å². The lowest BCUT2D eigenvalue weighted by Gasteiger charge is -2.40. The minimum Gasteiger partial charge on any atom is -0.444 e.